The topological polar surface area (TPSA) is 9.86 Å². The van der Waals surface area contributed by atoms with E-state index in [2.05, 4.69) is 252 Å². The fourth-order valence-corrected chi connectivity index (χ4v) is 16.7. The molecule has 0 aliphatic heterocycles. The molecule has 2 nitrogen and oxygen atoms in total. The molecule has 0 radical (unpaired) electrons. The largest absolute Gasteiger partial charge is 0.309 e. The van der Waals surface area contributed by atoms with Gasteiger partial charge in [-0.2, -0.15) is 0 Å². The zero-order valence-electron chi connectivity index (χ0n) is 34.9. The van der Waals surface area contributed by atoms with E-state index in [1.54, 1.807) is 0 Å². The molecule has 0 aliphatic carbocycles. The maximum atomic E-state index is 2.51. The lowest BCUT2D eigenvalue weighted by Gasteiger charge is -2.34. The number of rotatable bonds is 7. The molecule has 0 amide bonds. The van der Waals surface area contributed by atoms with Crippen molar-refractivity contribution in [3.05, 3.63) is 243 Å². The minimum Gasteiger partial charge on any atom is -0.309 e. The van der Waals surface area contributed by atoms with Crippen molar-refractivity contribution in [2.24, 2.45) is 0 Å². The summed E-state index contributed by atoms with van der Waals surface area (Å²) >= 11 is 1.88. The average Bonchev–Trinajstić information content (AvgIpc) is 4.03. The molecule has 0 bridgehead atoms. The van der Waals surface area contributed by atoms with Crippen LogP contribution in [0.2, 0.25) is 0 Å². The third-order valence-corrected chi connectivity index (χ3v) is 19.4. The lowest BCUT2D eigenvalue weighted by molar-refractivity contribution is 1.16. The second kappa shape index (κ2) is 14.7. The standard InChI is InChI=1S/C60H40N2SSi/c1-4-19-44(20-5-1)64(45-21-6-2-7-22-45,46-23-8-3-9-24-46)47-25-16-18-42(39-47)61-55-31-13-10-26-49(55)51-37-35-43(40-57(51)61)62-56-32-14-11-27-50(56)54-30-17-29-48(60(54)62)41-34-36-53-52-28-12-15-33-58(52)63-59(53)38-41/h1-40H. The van der Waals surface area contributed by atoms with Gasteiger partial charge in [-0.3, -0.25) is 0 Å². The summed E-state index contributed by atoms with van der Waals surface area (Å²) in [7, 11) is -2.78. The van der Waals surface area contributed by atoms with Crippen LogP contribution in [0.25, 0.3) is 86.3 Å². The highest BCUT2D eigenvalue weighted by molar-refractivity contribution is 7.25. The summed E-state index contributed by atoms with van der Waals surface area (Å²) in [6, 6.07) is 90.5. The van der Waals surface area contributed by atoms with Crippen molar-refractivity contribution in [2.45, 2.75) is 0 Å². The SMILES string of the molecule is c1ccc([Si](c2ccccc2)(c2ccccc2)c2cccc(-n3c4ccccc4c4ccc(-n5c6ccccc6c6cccc(-c7ccc8c(c7)sc7ccccc78)c65)cc43)c2)cc1. The average molecular weight is 849 g/mol. The van der Waals surface area contributed by atoms with E-state index in [0.717, 1.165) is 11.4 Å². The zero-order valence-corrected chi connectivity index (χ0v) is 36.7. The van der Waals surface area contributed by atoms with E-state index in [0.29, 0.717) is 0 Å². The quantitative estimate of drug-likeness (QED) is 0.112. The van der Waals surface area contributed by atoms with Crippen LogP contribution in [0.4, 0.5) is 0 Å². The van der Waals surface area contributed by atoms with Gasteiger partial charge in [0.05, 0.1) is 22.1 Å². The summed E-state index contributed by atoms with van der Waals surface area (Å²) in [6.07, 6.45) is 0. The highest BCUT2D eigenvalue weighted by atomic mass is 32.1. The molecule has 0 spiro atoms. The predicted molar refractivity (Wildman–Crippen MR) is 277 cm³/mol. The summed E-state index contributed by atoms with van der Waals surface area (Å²) in [4.78, 5) is 0. The molecule has 0 N–H and O–H groups in total. The summed E-state index contributed by atoms with van der Waals surface area (Å²) in [5.41, 5.74) is 9.53. The Labute approximate surface area is 376 Å². The molecule has 13 rings (SSSR count). The number of fused-ring (bicyclic) bond motifs is 9. The Balaban J connectivity index is 1.06. The lowest BCUT2D eigenvalue weighted by atomic mass is 10.0. The van der Waals surface area contributed by atoms with E-state index in [4.69, 9.17) is 0 Å². The zero-order chi connectivity index (χ0) is 42.2. The predicted octanol–water partition coefficient (Wildman–Crippen LogP) is 13.3. The Bertz CT molecular complexity index is 3800. The molecule has 13 aromatic rings. The van der Waals surface area contributed by atoms with Gasteiger partial charge >= 0.3 is 0 Å². The smallest absolute Gasteiger partial charge is 0.179 e. The summed E-state index contributed by atoms with van der Waals surface area (Å²) in [6.45, 7) is 0. The van der Waals surface area contributed by atoms with Gasteiger partial charge in [0, 0.05) is 58.7 Å². The van der Waals surface area contributed by atoms with Gasteiger partial charge in [0.25, 0.3) is 0 Å². The van der Waals surface area contributed by atoms with Crippen LogP contribution in [-0.2, 0) is 0 Å². The first-order chi connectivity index (χ1) is 31.8. The normalized spacial score (nSPS) is 12.1. The van der Waals surface area contributed by atoms with Crippen LogP contribution in [0.1, 0.15) is 0 Å². The second-order valence-corrected chi connectivity index (χ2v) is 21.7. The number of aromatic nitrogens is 2. The minimum atomic E-state index is -2.78. The van der Waals surface area contributed by atoms with E-state index in [1.165, 1.54) is 95.7 Å². The Hall–Kier alpha value is -7.76. The van der Waals surface area contributed by atoms with E-state index < -0.39 is 8.07 Å². The first kappa shape index (κ1) is 36.9. The summed E-state index contributed by atoms with van der Waals surface area (Å²) in [5, 5.41) is 13.1. The van der Waals surface area contributed by atoms with Crippen molar-refractivity contribution in [3.63, 3.8) is 0 Å². The maximum Gasteiger partial charge on any atom is 0.179 e. The minimum absolute atomic E-state index is 1.14. The van der Waals surface area contributed by atoms with Gasteiger partial charge in [0.1, 0.15) is 0 Å². The van der Waals surface area contributed by atoms with Gasteiger partial charge in [-0.05, 0) is 74.8 Å². The van der Waals surface area contributed by atoms with Crippen molar-refractivity contribution in [1.29, 1.82) is 0 Å². The molecule has 3 aromatic heterocycles. The van der Waals surface area contributed by atoms with Crippen molar-refractivity contribution >= 4 is 104 Å². The van der Waals surface area contributed by atoms with Gasteiger partial charge in [0.2, 0.25) is 0 Å². The maximum absolute atomic E-state index is 2.78. The number of hydrogen-bond donors (Lipinski definition) is 0. The van der Waals surface area contributed by atoms with Crippen LogP contribution in [0.3, 0.4) is 0 Å². The number of nitrogens with zero attached hydrogens (tertiary/aromatic N) is 2. The summed E-state index contributed by atoms with van der Waals surface area (Å²) in [5.74, 6) is 0. The molecule has 10 aromatic carbocycles. The molecular formula is C60H40N2SSi. The Morgan fingerprint density at radius 2 is 0.797 bits per heavy atom. The van der Waals surface area contributed by atoms with Gasteiger partial charge in [0.15, 0.2) is 8.07 Å². The van der Waals surface area contributed by atoms with Crippen LogP contribution in [0, 0.1) is 0 Å². The lowest BCUT2D eigenvalue weighted by Crippen LogP contribution is -2.74. The van der Waals surface area contributed by atoms with Crippen LogP contribution < -0.4 is 20.7 Å². The van der Waals surface area contributed by atoms with Gasteiger partial charge in [-0.15, -0.1) is 11.3 Å². The fourth-order valence-electron chi connectivity index (χ4n) is 10.7. The van der Waals surface area contributed by atoms with E-state index in [1.807, 2.05) is 11.3 Å². The van der Waals surface area contributed by atoms with Crippen LogP contribution in [0.5, 0.6) is 0 Å². The molecule has 0 atom stereocenters. The van der Waals surface area contributed by atoms with Crippen molar-refractivity contribution in [1.82, 2.24) is 9.13 Å². The second-order valence-electron chi connectivity index (χ2n) is 16.8. The van der Waals surface area contributed by atoms with E-state index >= 15 is 0 Å². The molecule has 0 aliphatic rings. The van der Waals surface area contributed by atoms with Crippen molar-refractivity contribution in [3.8, 4) is 22.5 Å². The highest BCUT2D eigenvalue weighted by Gasteiger charge is 2.41. The molecule has 300 valence electrons. The summed E-state index contributed by atoms with van der Waals surface area (Å²) < 4.78 is 7.64. The number of benzene rings is 10. The first-order valence-corrected chi connectivity index (χ1v) is 24.8. The number of thiophene rings is 1. The van der Waals surface area contributed by atoms with E-state index in [9.17, 15) is 0 Å². The number of hydrogen-bond acceptors (Lipinski definition) is 1. The van der Waals surface area contributed by atoms with Crippen LogP contribution in [-0.4, -0.2) is 17.2 Å². The monoisotopic (exact) mass is 848 g/mol. The van der Waals surface area contributed by atoms with Crippen LogP contribution in [0.15, 0.2) is 243 Å². The first-order valence-electron chi connectivity index (χ1n) is 22.0. The molecule has 4 heteroatoms. The van der Waals surface area contributed by atoms with Gasteiger partial charge < -0.3 is 9.13 Å². The molecule has 0 saturated heterocycles. The highest BCUT2D eigenvalue weighted by Crippen LogP contribution is 2.42. The molecule has 0 fully saturated rings. The molecule has 0 unspecified atom stereocenters. The Morgan fingerprint density at radius 3 is 1.50 bits per heavy atom. The molecular weight excluding hydrogens is 809 g/mol. The fraction of sp³-hybridized carbons (Fsp3) is 0. The van der Waals surface area contributed by atoms with Crippen molar-refractivity contribution < 1.29 is 0 Å². The van der Waals surface area contributed by atoms with Gasteiger partial charge in [-0.25, -0.2) is 0 Å². The third-order valence-electron chi connectivity index (χ3n) is 13.5. The van der Waals surface area contributed by atoms with Crippen molar-refractivity contribution in [2.75, 3.05) is 0 Å². The third kappa shape index (κ3) is 5.50. The van der Waals surface area contributed by atoms with Gasteiger partial charge in [-0.1, -0.05) is 194 Å². The molecule has 3 heterocycles. The Morgan fingerprint density at radius 1 is 0.297 bits per heavy atom. The Kier molecular flexibility index (Phi) is 8.45. The number of para-hydroxylation sites is 3. The molecule has 64 heavy (non-hydrogen) atoms. The molecule has 0 saturated carbocycles. The van der Waals surface area contributed by atoms with Crippen LogP contribution >= 0.6 is 11.3 Å². The van der Waals surface area contributed by atoms with E-state index in [-0.39, 0.29) is 0 Å².